The first-order valence-electron chi connectivity index (χ1n) is 6.57. The molecule has 1 fully saturated rings. The van der Waals surface area contributed by atoms with Gasteiger partial charge >= 0.3 is 0 Å². The zero-order valence-corrected chi connectivity index (χ0v) is 11.2. The van der Waals surface area contributed by atoms with Gasteiger partial charge in [0.2, 0.25) is 5.24 Å². The quantitative estimate of drug-likeness (QED) is 0.731. The zero-order valence-electron chi connectivity index (χ0n) is 10.4. The van der Waals surface area contributed by atoms with Gasteiger partial charge in [-0.05, 0) is 54.0 Å². The van der Waals surface area contributed by atoms with E-state index in [2.05, 4.69) is 0 Å². The van der Waals surface area contributed by atoms with Crippen LogP contribution in [0.4, 0.5) is 4.39 Å². The molecule has 0 N–H and O–H groups in total. The fourth-order valence-electron chi connectivity index (χ4n) is 3.05. The predicted octanol–water partition coefficient (Wildman–Crippen LogP) is 4.57. The lowest BCUT2D eigenvalue weighted by Crippen LogP contribution is -2.29. The normalized spacial score (nSPS) is 18.6. The summed E-state index contributed by atoms with van der Waals surface area (Å²) in [5, 5.41) is -0.276. The minimum absolute atomic E-state index is 0.0243. The van der Waals surface area contributed by atoms with Crippen molar-refractivity contribution in [2.75, 3.05) is 0 Å². The summed E-state index contributed by atoms with van der Waals surface area (Å²) >= 11 is 5.47. The van der Waals surface area contributed by atoms with E-state index in [4.69, 9.17) is 11.6 Å². The van der Waals surface area contributed by atoms with E-state index in [1.165, 1.54) is 31.4 Å². The van der Waals surface area contributed by atoms with Crippen LogP contribution in [-0.2, 0) is 10.2 Å². The summed E-state index contributed by atoms with van der Waals surface area (Å²) in [4.78, 5) is 11.0. The predicted molar refractivity (Wildman–Crippen MR) is 71.3 cm³/mol. The molecule has 0 spiro atoms. The van der Waals surface area contributed by atoms with Gasteiger partial charge in [0.05, 0.1) is 0 Å². The molecular weight excluding hydrogens is 251 g/mol. The monoisotopic (exact) mass is 268 g/mol. The van der Waals surface area contributed by atoms with Crippen molar-refractivity contribution in [2.45, 2.75) is 50.4 Å². The molecule has 0 radical (unpaired) electrons. The topological polar surface area (TPSA) is 17.1 Å². The Kier molecular flexibility index (Phi) is 4.39. The molecule has 0 saturated heterocycles. The highest BCUT2D eigenvalue weighted by molar-refractivity contribution is 6.63. The van der Waals surface area contributed by atoms with Gasteiger partial charge in [0, 0.05) is 6.42 Å². The van der Waals surface area contributed by atoms with Crippen molar-refractivity contribution in [1.29, 1.82) is 0 Å². The highest BCUT2D eigenvalue weighted by Gasteiger charge is 2.33. The maximum Gasteiger partial charge on any atom is 0.221 e. The number of rotatable bonds is 4. The Balaban J connectivity index is 2.22. The van der Waals surface area contributed by atoms with Crippen LogP contribution >= 0.6 is 11.6 Å². The second kappa shape index (κ2) is 5.83. The number of benzene rings is 1. The molecule has 0 aromatic heterocycles. The molecule has 1 aliphatic rings. The molecule has 0 heterocycles. The number of hydrogen-bond donors (Lipinski definition) is 0. The average molecular weight is 269 g/mol. The first-order valence-corrected chi connectivity index (χ1v) is 6.95. The molecule has 0 atom stereocenters. The molecule has 18 heavy (non-hydrogen) atoms. The van der Waals surface area contributed by atoms with Crippen molar-refractivity contribution < 1.29 is 9.18 Å². The van der Waals surface area contributed by atoms with Crippen molar-refractivity contribution in [1.82, 2.24) is 0 Å². The molecule has 2 rings (SSSR count). The summed E-state index contributed by atoms with van der Waals surface area (Å²) < 4.78 is 13.0. The van der Waals surface area contributed by atoms with E-state index in [0.29, 0.717) is 6.42 Å². The largest absolute Gasteiger partial charge is 0.281 e. The lowest BCUT2D eigenvalue weighted by molar-refractivity contribution is -0.112. The minimum atomic E-state index is -0.276. The van der Waals surface area contributed by atoms with E-state index in [1.807, 2.05) is 12.1 Å². The summed E-state index contributed by atoms with van der Waals surface area (Å²) in [6, 6.07) is 6.74. The Labute approximate surface area is 112 Å². The van der Waals surface area contributed by atoms with Gasteiger partial charge in [-0.1, -0.05) is 31.4 Å². The second-order valence-electron chi connectivity index (χ2n) is 5.20. The van der Waals surface area contributed by atoms with Gasteiger partial charge in [0.1, 0.15) is 5.82 Å². The Morgan fingerprint density at radius 3 is 2.33 bits per heavy atom. The Morgan fingerprint density at radius 2 is 1.78 bits per heavy atom. The molecule has 3 heteroatoms. The van der Waals surface area contributed by atoms with E-state index >= 15 is 0 Å². The van der Waals surface area contributed by atoms with Crippen molar-refractivity contribution in [3.8, 4) is 0 Å². The fourth-order valence-corrected chi connectivity index (χ4v) is 3.15. The van der Waals surface area contributed by atoms with Crippen LogP contribution < -0.4 is 0 Å². The number of hydrogen-bond acceptors (Lipinski definition) is 1. The smallest absolute Gasteiger partial charge is 0.221 e. The van der Waals surface area contributed by atoms with Crippen molar-refractivity contribution >= 4 is 16.8 Å². The van der Waals surface area contributed by atoms with Crippen molar-refractivity contribution in [2.24, 2.45) is 0 Å². The SMILES string of the molecule is O=C(Cl)CCC1(c2ccc(F)cc2)CCCCC1. The summed E-state index contributed by atoms with van der Waals surface area (Å²) in [5.41, 5.74) is 1.18. The van der Waals surface area contributed by atoms with E-state index < -0.39 is 0 Å². The van der Waals surface area contributed by atoms with Crippen LogP contribution in [0.3, 0.4) is 0 Å². The van der Waals surface area contributed by atoms with Crippen LogP contribution in [0, 0.1) is 5.82 Å². The minimum Gasteiger partial charge on any atom is -0.281 e. The lowest BCUT2D eigenvalue weighted by atomic mass is 9.67. The van der Waals surface area contributed by atoms with Crippen LogP contribution in [0.5, 0.6) is 0 Å². The first-order chi connectivity index (χ1) is 8.62. The molecule has 1 aliphatic carbocycles. The van der Waals surface area contributed by atoms with Gasteiger partial charge in [-0.15, -0.1) is 0 Å². The number of carbonyl (C=O) groups excluding carboxylic acids is 1. The van der Waals surface area contributed by atoms with E-state index in [0.717, 1.165) is 24.8 Å². The zero-order chi connectivity index (χ0) is 13.0. The maximum atomic E-state index is 13.0. The molecule has 98 valence electrons. The van der Waals surface area contributed by atoms with Crippen LogP contribution in [0.15, 0.2) is 24.3 Å². The summed E-state index contributed by atoms with van der Waals surface area (Å²) in [7, 11) is 0. The van der Waals surface area contributed by atoms with E-state index in [1.54, 1.807) is 0 Å². The van der Waals surface area contributed by atoms with Gasteiger partial charge in [-0.3, -0.25) is 4.79 Å². The first kappa shape index (κ1) is 13.5. The molecule has 0 amide bonds. The number of halogens is 2. The molecule has 0 bridgehead atoms. The van der Waals surface area contributed by atoms with Gasteiger partial charge in [-0.2, -0.15) is 0 Å². The van der Waals surface area contributed by atoms with Crippen LogP contribution in [0.25, 0.3) is 0 Å². The molecule has 0 aliphatic heterocycles. The van der Waals surface area contributed by atoms with Crippen molar-refractivity contribution in [3.05, 3.63) is 35.6 Å². The third-order valence-electron chi connectivity index (χ3n) is 4.07. The molecule has 1 nitrogen and oxygen atoms in total. The maximum absolute atomic E-state index is 13.0. The molecule has 0 unspecified atom stereocenters. The summed E-state index contributed by atoms with van der Waals surface area (Å²) in [6.07, 6.45) is 6.92. The van der Waals surface area contributed by atoms with Crippen LogP contribution in [0.1, 0.15) is 50.5 Å². The fraction of sp³-hybridized carbons (Fsp3) is 0.533. The molecular formula is C15H18ClFO. The third-order valence-corrected chi connectivity index (χ3v) is 4.26. The summed E-state index contributed by atoms with van der Waals surface area (Å²) in [6.45, 7) is 0. The molecule has 1 aromatic rings. The number of carbonyl (C=O) groups is 1. The van der Waals surface area contributed by atoms with Crippen molar-refractivity contribution in [3.63, 3.8) is 0 Å². The average Bonchev–Trinajstić information content (AvgIpc) is 2.38. The Hall–Kier alpha value is -0.890. The van der Waals surface area contributed by atoms with E-state index in [9.17, 15) is 9.18 Å². The standard InChI is InChI=1S/C15H18ClFO/c16-14(18)8-11-15(9-2-1-3-10-15)12-4-6-13(17)7-5-12/h4-7H,1-3,8-11H2. The van der Waals surface area contributed by atoms with E-state index in [-0.39, 0.29) is 16.5 Å². The van der Waals surface area contributed by atoms with Gasteiger partial charge in [0.25, 0.3) is 0 Å². The van der Waals surface area contributed by atoms with Crippen LogP contribution in [-0.4, -0.2) is 5.24 Å². The molecule has 1 aromatic carbocycles. The lowest BCUT2D eigenvalue weighted by Gasteiger charge is -2.38. The highest BCUT2D eigenvalue weighted by atomic mass is 35.5. The second-order valence-corrected chi connectivity index (χ2v) is 5.62. The van der Waals surface area contributed by atoms with Crippen LogP contribution in [0.2, 0.25) is 0 Å². The Morgan fingerprint density at radius 1 is 1.17 bits per heavy atom. The van der Waals surface area contributed by atoms with Gasteiger partial charge < -0.3 is 0 Å². The van der Waals surface area contributed by atoms with Gasteiger partial charge in [0.15, 0.2) is 0 Å². The summed E-state index contributed by atoms with van der Waals surface area (Å²) in [5.74, 6) is -0.210. The Bertz CT molecular complexity index is 407. The van der Waals surface area contributed by atoms with Gasteiger partial charge in [-0.25, -0.2) is 4.39 Å². The molecule has 1 saturated carbocycles. The third kappa shape index (κ3) is 3.11. The highest BCUT2D eigenvalue weighted by Crippen LogP contribution is 2.43.